The molecule has 9 heteroatoms. The third-order valence-electron chi connectivity index (χ3n) is 2.76. The lowest BCUT2D eigenvalue weighted by atomic mass is 10.2. The van der Waals surface area contributed by atoms with E-state index in [1.54, 1.807) is 20.8 Å². The number of rotatable bonds is 6. The topological polar surface area (TPSA) is 99.9 Å². The van der Waals surface area contributed by atoms with Crippen LogP contribution in [0.15, 0.2) is 12.1 Å². The molecule has 0 spiro atoms. The second kappa shape index (κ2) is 8.85. The highest BCUT2D eigenvalue weighted by Gasteiger charge is 2.23. The second-order valence-corrected chi connectivity index (χ2v) is 8.66. The molecule has 146 valence electrons. The van der Waals surface area contributed by atoms with Crippen LogP contribution in [0.1, 0.15) is 41.5 Å². The zero-order valence-electron chi connectivity index (χ0n) is 15.8. The number of carbonyl (C=O) groups is 1. The highest BCUT2D eigenvalue weighted by Crippen LogP contribution is 2.34. The number of nitrogens with one attached hydrogen (secondary N) is 1. The summed E-state index contributed by atoms with van der Waals surface area (Å²) < 4.78 is 16.9. The molecule has 0 radical (unpaired) electrons. The Labute approximate surface area is 166 Å². The molecule has 1 amide bonds. The molecule has 0 fully saturated rings. The van der Waals surface area contributed by atoms with E-state index >= 15 is 0 Å². The van der Waals surface area contributed by atoms with Crippen LogP contribution in [-0.2, 0) is 9.47 Å². The lowest BCUT2D eigenvalue weighted by Gasteiger charge is -2.20. The molecule has 0 heterocycles. The number of ether oxygens (including phenoxy) is 3. The SMILES string of the molecule is CC(C)(C)OCCOc1cc(NC(=O)OC(C)(C)C)c([N+](=O)[O-])cc1I. The number of halogens is 1. The van der Waals surface area contributed by atoms with Crippen LogP contribution < -0.4 is 10.1 Å². The van der Waals surface area contributed by atoms with Gasteiger partial charge in [0.05, 0.1) is 20.7 Å². The standard InChI is InChI=1S/C17H25IN2O6/c1-16(2,3)25-8-7-24-14-10-12(13(20(22)23)9-11(14)18)19-15(21)26-17(4,5)6/h9-10H,7-8H2,1-6H3,(H,19,21). The number of nitrogens with zero attached hydrogens (tertiary/aromatic N) is 1. The van der Waals surface area contributed by atoms with Gasteiger partial charge in [0.2, 0.25) is 0 Å². The van der Waals surface area contributed by atoms with Crippen molar-refractivity contribution in [2.45, 2.75) is 52.7 Å². The molecular formula is C17H25IN2O6. The van der Waals surface area contributed by atoms with Gasteiger partial charge in [-0.25, -0.2) is 4.79 Å². The number of carbonyl (C=O) groups excluding carboxylic acids is 1. The number of nitro benzene ring substituents is 1. The molecule has 1 aromatic carbocycles. The maximum absolute atomic E-state index is 12.0. The van der Waals surface area contributed by atoms with E-state index in [2.05, 4.69) is 5.32 Å². The highest BCUT2D eigenvalue weighted by atomic mass is 127. The molecule has 0 aliphatic rings. The summed E-state index contributed by atoms with van der Waals surface area (Å²) >= 11 is 1.95. The molecule has 0 aliphatic carbocycles. The van der Waals surface area contributed by atoms with Crippen molar-refractivity contribution in [1.29, 1.82) is 0 Å². The number of anilines is 1. The van der Waals surface area contributed by atoms with Crippen molar-refractivity contribution in [1.82, 2.24) is 0 Å². The molecule has 0 bridgehead atoms. The minimum atomic E-state index is -0.774. The summed E-state index contributed by atoms with van der Waals surface area (Å²) in [5, 5.41) is 13.7. The van der Waals surface area contributed by atoms with Gasteiger partial charge in [0.15, 0.2) is 0 Å². The zero-order valence-corrected chi connectivity index (χ0v) is 18.0. The zero-order chi connectivity index (χ0) is 20.1. The Morgan fingerprint density at radius 3 is 2.27 bits per heavy atom. The van der Waals surface area contributed by atoms with E-state index in [9.17, 15) is 14.9 Å². The van der Waals surface area contributed by atoms with Gasteiger partial charge in [-0.3, -0.25) is 15.4 Å². The first-order valence-electron chi connectivity index (χ1n) is 8.03. The van der Waals surface area contributed by atoms with E-state index in [4.69, 9.17) is 14.2 Å². The Hall–Kier alpha value is -1.62. The van der Waals surface area contributed by atoms with Crippen molar-refractivity contribution in [3.8, 4) is 5.75 Å². The lowest BCUT2D eigenvalue weighted by Crippen LogP contribution is -2.27. The first-order chi connectivity index (χ1) is 11.8. The third-order valence-corrected chi connectivity index (χ3v) is 3.60. The number of amides is 1. The average molecular weight is 480 g/mol. The molecule has 0 saturated carbocycles. The molecule has 0 unspecified atom stereocenters. The van der Waals surface area contributed by atoms with Crippen LogP contribution in [0, 0.1) is 13.7 Å². The predicted molar refractivity (Wildman–Crippen MR) is 107 cm³/mol. The van der Waals surface area contributed by atoms with E-state index in [1.807, 2.05) is 43.4 Å². The number of nitro groups is 1. The average Bonchev–Trinajstić information content (AvgIpc) is 2.42. The smallest absolute Gasteiger partial charge is 0.412 e. The van der Waals surface area contributed by atoms with Crippen LogP contribution in [-0.4, -0.2) is 35.4 Å². The minimum Gasteiger partial charge on any atom is -0.490 e. The largest absolute Gasteiger partial charge is 0.490 e. The van der Waals surface area contributed by atoms with E-state index in [-0.39, 0.29) is 23.6 Å². The molecule has 0 aliphatic heterocycles. The van der Waals surface area contributed by atoms with Crippen molar-refractivity contribution >= 4 is 40.1 Å². The van der Waals surface area contributed by atoms with Crippen LogP contribution >= 0.6 is 22.6 Å². The summed E-state index contributed by atoms with van der Waals surface area (Å²) in [7, 11) is 0. The van der Waals surface area contributed by atoms with Crippen LogP contribution in [0.4, 0.5) is 16.2 Å². The van der Waals surface area contributed by atoms with E-state index in [0.29, 0.717) is 15.9 Å². The molecule has 26 heavy (non-hydrogen) atoms. The van der Waals surface area contributed by atoms with Crippen LogP contribution in [0.3, 0.4) is 0 Å². The minimum absolute atomic E-state index is 0.0106. The van der Waals surface area contributed by atoms with Crippen molar-refractivity contribution in [2.24, 2.45) is 0 Å². The van der Waals surface area contributed by atoms with E-state index in [0.717, 1.165) is 0 Å². The van der Waals surface area contributed by atoms with E-state index in [1.165, 1.54) is 12.1 Å². The fourth-order valence-corrected chi connectivity index (χ4v) is 2.42. The monoisotopic (exact) mass is 480 g/mol. The summed E-state index contributed by atoms with van der Waals surface area (Å²) in [6.45, 7) is 11.6. The van der Waals surface area contributed by atoms with Gasteiger partial charge in [0, 0.05) is 12.1 Å². The second-order valence-electron chi connectivity index (χ2n) is 7.49. The fourth-order valence-electron chi connectivity index (χ4n) is 1.82. The maximum Gasteiger partial charge on any atom is 0.412 e. The molecule has 0 aromatic heterocycles. The van der Waals surface area contributed by atoms with E-state index < -0.39 is 16.6 Å². The quantitative estimate of drug-likeness (QED) is 0.273. The fraction of sp³-hybridized carbons (Fsp3) is 0.588. The van der Waals surface area contributed by atoms with Crippen LogP contribution in [0.5, 0.6) is 5.75 Å². The normalized spacial score (nSPS) is 11.8. The van der Waals surface area contributed by atoms with Gasteiger partial charge in [-0.15, -0.1) is 0 Å². The van der Waals surface area contributed by atoms with Gasteiger partial charge >= 0.3 is 6.09 Å². The van der Waals surface area contributed by atoms with Gasteiger partial charge < -0.3 is 14.2 Å². The maximum atomic E-state index is 12.0. The van der Waals surface area contributed by atoms with Crippen LogP contribution in [0.2, 0.25) is 0 Å². The molecule has 1 aromatic rings. The first-order valence-corrected chi connectivity index (χ1v) is 9.11. The summed E-state index contributed by atoms with van der Waals surface area (Å²) in [4.78, 5) is 22.7. The number of hydrogen-bond donors (Lipinski definition) is 1. The Bertz CT molecular complexity index is 664. The van der Waals surface area contributed by atoms with Crippen molar-refractivity contribution < 1.29 is 23.9 Å². The number of benzene rings is 1. The first kappa shape index (κ1) is 22.4. The summed E-state index contributed by atoms with van der Waals surface area (Å²) in [5.74, 6) is 0.416. The lowest BCUT2D eigenvalue weighted by molar-refractivity contribution is -0.384. The summed E-state index contributed by atoms with van der Waals surface area (Å²) in [6.07, 6.45) is -0.774. The molecule has 0 atom stereocenters. The van der Waals surface area contributed by atoms with Crippen molar-refractivity contribution in [3.05, 3.63) is 25.8 Å². The molecule has 0 saturated heterocycles. The Kier molecular flexibility index (Phi) is 7.63. The van der Waals surface area contributed by atoms with Gasteiger partial charge in [0.25, 0.3) is 5.69 Å². The van der Waals surface area contributed by atoms with Crippen molar-refractivity contribution in [2.75, 3.05) is 18.5 Å². The van der Waals surface area contributed by atoms with Gasteiger partial charge in [-0.05, 0) is 64.1 Å². The Morgan fingerprint density at radius 2 is 1.77 bits per heavy atom. The van der Waals surface area contributed by atoms with Gasteiger partial charge in [-0.1, -0.05) is 0 Å². The van der Waals surface area contributed by atoms with Crippen LogP contribution in [0.25, 0.3) is 0 Å². The molecule has 8 nitrogen and oxygen atoms in total. The van der Waals surface area contributed by atoms with Gasteiger partial charge in [0.1, 0.15) is 23.6 Å². The van der Waals surface area contributed by atoms with Crippen molar-refractivity contribution in [3.63, 3.8) is 0 Å². The summed E-state index contributed by atoms with van der Waals surface area (Å²) in [5.41, 5.74) is -1.23. The Morgan fingerprint density at radius 1 is 1.15 bits per heavy atom. The van der Waals surface area contributed by atoms with Gasteiger partial charge in [-0.2, -0.15) is 0 Å². The Balaban J connectivity index is 2.93. The molecule has 1 rings (SSSR count). The molecular weight excluding hydrogens is 455 g/mol. The predicted octanol–water partition coefficient (Wildman–Crippen LogP) is 4.74. The highest BCUT2D eigenvalue weighted by molar-refractivity contribution is 14.1. The number of hydrogen-bond acceptors (Lipinski definition) is 6. The molecule has 1 N–H and O–H groups in total. The third kappa shape index (κ3) is 8.17. The summed E-state index contributed by atoms with van der Waals surface area (Å²) in [6, 6.07) is 2.76.